The Balaban J connectivity index is 2.26. The quantitative estimate of drug-likeness (QED) is 0.835. The Morgan fingerprint density at radius 3 is 2.94 bits per heavy atom. The Bertz CT molecular complexity index is 565. The maximum absolute atomic E-state index is 11.7. The van der Waals surface area contributed by atoms with E-state index in [-0.39, 0.29) is 0 Å². The van der Waals surface area contributed by atoms with Gasteiger partial charge < -0.3 is 5.11 Å². The predicted octanol–water partition coefficient (Wildman–Crippen LogP) is 1.05. The van der Waals surface area contributed by atoms with Crippen LogP contribution in [-0.2, 0) is 16.8 Å². The molecule has 1 heterocycles. The largest absolute Gasteiger partial charge is 0.479 e. The number of hydrogen-bond acceptors (Lipinski definition) is 3. The van der Waals surface area contributed by atoms with Crippen molar-refractivity contribution in [2.45, 2.75) is 18.4 Å². The molecule has 1 aromatic carbocycles. The van der Waals surface area contributed by atoms with Crippen LogP contribution in [-0.4, -0.2) is 25.8 Å². The highest BCUT2D eigenvalue weighted by Gasteiger charge is 2.48. The van der Waals surface area contributed by atoms with Crippen molar-refractivity contribution >= 4 is 5.97 Å². The maximum Gasteiger partial charge on any atom is 0.336 e. The average Bonchev–Trinajstić information content (AvgIpc) is 2.96. The van der Waals surface area contributed by atoms with Crippen LogP contribution in [0.15, 0.2) is 36.9 Å². The summed E-state index contributed by atoms with van der Waals surface area (Å²) in [6.45, 7) is 0. The second kappa shape index (κ2) is 3.41. The summed E-state index contributed by atoms with van der Waals surface area (Å²) in [6.07, 6.45) is 4.11. The molecule has 0 amide bonds. The molecule has 0 bridgehead atoms. The minimum Gasteiger partial charge on any atom is -0.479 e. The number of carboxylic acids is 1. The van der Waals surface area contributed by atoms with Gasteiger partial charge in [0.15, 0.2) is 5.54 Å². The Hall–Kier alpha value is -2.17. The molecule has 0 saturated heterocycles. The molecule has 1 N–H and O–H groups in total. The highest BCUT2D eigenvalue weighted by atomic mass is 16.4. The number of nitrogens with zero attached hydrogens (tertiary/aromatic N) is 3. The van der Waals surface area contributed by atoms with E-state index in [0.29, 0.717) is 6.42 Å². The zero-order valence-electron chi connectivity index (χ0n) is 9.08. The molecule has 0 spiro atoms. The SMILES string of the molecule is O=C(O)C1(n2cncn2)CCc2ccccc21. The summed E-state index contributed by atoms with van der Waals surface area (Å²) < 4.78 is 1.45. The lowest BCUT2D eigenvalue weighted by Gasteiger charge is -2.25. The molecule has 5 heteroatoms. The number of carbonyl (C=O) groups is 1. The van der Waals surface area contributed by atoms with E-state index in [1.165, 1.54) is 17.3 Å². The minimum atomic E-state index is -1.09. The number of aromatic nitrogens is 3. The maximum atomic E-state index is 11.7. The van der Waals surface area contributed by atoms with Crippen LogP contribution in [0.3, 0.4) is 0 Å². The third-order valence-electron chi connectivity index (χ3n) is 3.38. The van der Waals surface area contributed by atoms with Gasteiger partial charge in [-0.25, -0.2) is 14.5 Å². The van der Waals surface area contributed by atoms with E-state index in [2.05, 4.69) is 10.1 Å². The second-order valence-electron chi connectivity index (χ2n) is 4.16. The number of benzene rings is 1. The van der Waals surface area contributed by atoms with E-state index in [1.807, 2.05) is 24.3 Å². The molecule has 1 aliphatic rings. The van der Waals surface area contributed by atoms with Gasteiger partial charge in [0.1, 0.15) is 12.7 Å². The molecule has 0 aliphatic heterocycles. The summed E-state index contributed by atoms with van der Waals surface area (Å²) in [6, 6.07) is 7.62. The third kappa shape index (κ3) is 1.22. The summed E-state index contributed by atoms with van der Waals surface area (Å²) >= 11 is 0. The van der Waals surface area contributed by atoms with E-state index in [9.17, 15) is 9.90 Å². The summed E-state index contributed by atoms with van der Waals surface area (Å²) in [5, 5.41) is 13.6. The van der Waals surface area contributed by atoms with Gasteiger partial charge in [-0.1, -0.05) is 24.3 Å². The van der Waals surface area contributed by atoms with Gasteiger partial charge >= 0.3 is 5.97 Å². The summed E-state index contributed by atoms with van der Waals surface area (Å²) in [5.41, 5.74) is 0.802. The first-order valence-corrected chi connectivity index (χ1v) is 5.42. The van der Waals surface area contributed by atoms with Crippen LogP contribution < -0.4 is 0 Å². The van der Waals surface area contributed by atoms with Crippen LogP contribution in [0.1, 0.15) is 17.5 Å². The standard InChI is InChI=1S/C12H11N3O2/c16-11(17)12(15-8-13-7-14-15)6-5-9-3-1-2-4-10(9)12/h1-4,7-8H,5-6H2,(H,16,17). The lowest BCUT2D eigenvalue weighted by atomic mass is 9.92. The fraction of sp³-hybridized carbons (Fsp3) is 0.250. The lowest BCUT2D eigenvalue weighted by molar-refractivity contribution is -0.145. The van der Waals surface area contributed by atoms with Crippen molar-refractivity contribution in [2.24, 2.45) is 0 Å². The molecular weight excluding hydrogens is 218 g/mol. The van der Waals surface area contributed by atoms with Crippen LogP contribution in [0.25, 0.3) is 0 Å². The molecule has 2 aromatic rings. The van der Waals surface area contributed by atoms with Crippen molar-refractivity contribution < 1.29 is 9.90 Å². The van der Waals surface area contributed by atoms with Crippen LogP contribution in [0.2, 0.25) is 0 Å². The zero-order chi connectivity index (χ0) is 11.9. The highest BCUT2D eigenvalue weighted by Crippen LogP contribution is 2.39. The molecule has 1 unspecified atom stereocenters. The minimum absolute atomic E-state index is 0.519. The molecule has 17 heavy (non-hydrogen) atoms. The fourth-order valence-corrected chi connectivity index (χ4v) is 2.56. The average molecular weight is 229 g/mol. The van der Waals surface area contributed by atoms with Crippen molar-refractivity contribution in [1.29, 1.82) is 0 Å². The summed E-state index contributed by atoms with van der Waals surface area (Å²) in [7, 11) is 0. The molecule has 0 fully saturated rings. The predicted molar refractivity (Wildman–Crippen MR) is 59.5 cm³/mol. The van der Waals surface area contributed by atoms with E-state index < -0.39 is 11.5 Å². The van der Waals surface area contributed by atoms with Crippen molar-refractivity contribution in [3.05, 3.63) is 48.0 Å². The number of fused-ring (bicyclic) bond motifs is 1. The Morgan fingerprint density at radius 2 is 2.24 bits per heavy atom. The van der Waals surface area contributed by atoms with Gasteiger partial charge in [-0.05, 0) is 24.0 Å². The number of aryl methyl sites for hydroxylation is 1. The fourth-order valence-electron chi connectivity index (χ4n) is 2.56. The zero-order valence-corrected chi connectivity index (χ0v) is 9.08. The van der Waals surface area contributed by atoms with Crippen LogP contribution >= 0.6 is 0 Å². The molecule has 3 rings (SSSR count). The Kier molecular flexibility index (Phi) is 2.01. The first kappa shape index (κ1) is 10.0. The number of rotatable bonds is 2. The molecule has 1 aromatic heterocycles. The van der Waals surface area contributed by atoms with Crippen LogP contribution in [0.4, 0.5) is 0 Å². The van der Waals surface area contributed by atoms with E-state index >= 15 is 0 Å². The number of carboxylic acid groups (broad SMARTS) is 1. The third-order valence-corrected chi connectivity index (χ3v) is 3.38. The van der Waals surface area contributed by atoms with Gasteiger partial charge in [0.25, 0.3) is 0 Å². The number of hydrogen-bond donors (Lipinski definition) is 1. The van der Waals surface area contributed by atoms with Gasteiger partial charge in [-0.2, -0.15) is 5.10 Å². The lowest BCUT2D eigenvalue weighted by Crippen LogP contribution is -2.41. The van der Waals surface area contributed by atoms with Gasteiger partial charge in [0, 0.05) is 0 Å². The van der Waals surface area contributed by atoms with Gasteiger partial charge in [0.2, 0.25) is 0 Å². The van der Waals surface area contributed by atoms with Crippen molar-refractivity contribution in [2.75, 3.05) is 0 Å². The topological polar surface area (TPSA) is 68.0 Å². The van der Waals surface area contributed by atoms with Crippen molar-refractivity contribution in [3.63, 3.8) is 0 Å². The molecule has 0 radical (unpaired) electrons. The van der Waals surface area contributed by atoms with Crippen LogP contribution in [0.5, 0.6) is 0 Å². The molecule has 0 saturated carbocycles. The van der Waals surface area contributed by atoms with E-state index in [0.717, 1.165) is 17.5 Å². The molecule has 86 valence electrons. The second-order valence-corrected chi connectivity index (χ2v) is 4.16. The van der Waals surface area contributed by atoms with Gasteiger partial charge in [-0.15, -0.1) is 0 Å². The van der Waals surface area contributed by atoms with Gasteiger partial charge in [0.05, 0.1) is 0 Å². The Labute approximate surface area is 97.7 Å². The molecule has 5 nitrogen and oxygen atoms in total. The smallest absolute Gasteiger partial charge is 0.336 e. The summed E-state index contributed by atoms with van der Waals surface area (Å²) in [4.78, 5) is 15.6. The molecular formula is C12H11N3O2. The van der Waals surface area contributed by atoms with Crippen LogP contribution in [0, 0.1) is 0 Å². The molecule has 1 aliphatic carbocycles. The summed E-state index contributed by atoms with van der Waals surface area (Å²) in [5.74, 6) is -0.882. The van der Waals surface area contributed by atoms with E-state index in [4.69, 9.17) is 0 Å². The monoisotopic (exact) mass is 229 g/mol. The first-order valence-electron chi connectivity index (χ1n) is 5.42. The Morgan fingerprint density at radius 1 is 1.41 bits per heavy atom. The normalized spacial score (nSPS) is 22.4. The number of aliphatic carboxylic acids is 1. The van der Waals surface area contributed by atoms with Crippen molar-refractivity contribution in [3.8, 4) is 0 Å². The van der Waals surface area contributed by atoms with Gasteiger partial charge in [-0.3, -0.25) is 0 Å². The van der Waals surface area contributed by atoms with E-state index in [1.54, 1.807) is 0 Å². The first-order chi connectivity index (χ1) is 8.25. The molecule has 1 atom stereocenters. The highest BCUT2D eigenvalue weighted by molar-refractivity contribution is 5.83. The van der Waals surface area contributed by atoms with Crippen molar-refractivity contribution in [1.82, 2.24) is 14.8 Å².